The molecule has 3 aliphatic rings. The first-order chi connectivity index (χ1) is 9.75. The monoisotopic (exact) mass is 274 g/mol. The number of nitrogens with one attached hydrogen (secondary N) is 4. The highest BCUT2D eigenvalue weighted by Gasteiger charge is 2.51. The van der Waals surface area contributed by atoms with Crippen LogP contribution < -0.4 is 27.3 Å². The van der Waals surface area contributed by atoms with E-state index in [4.69, 9.17) is 5.73 Å². The van der Waals surface area contributed by atoms with E-state index in [0.29, 0.717) is 24.0 Å². The Labute approximate surface area is 119 Å². The first kappa shape index (κ1) is 12.7. The third kappa shape index (κ3) is 1.81. The van der Waals surface area contributed by atoms with Gasteiger partial charge in [-0.05, 0) is 12.5 Å². The van der Waals surface area contributed by atoms with Crippen molar-refractivity contribution in [3.8, 4) is 0 Å². The van der Waals surface area contributed by atoms with Crippen LogP contribution in [0.3, 0.4) is 0 Å². The fourth-order valence-corrected chi connectivity index (χ4v) is 3.83. The Morgan fingerprint density at radius 1 is 1.15 bits per heavy atom. The molecule has 0 amide bonds. The van der Waals surface area contributed by atoms with Crippen LogP contribution in [0.5, 0.6) is 0 Å². The van der Waals surface area contributed by atoms with E-state index >= 15 is 0 Å². The Kier molecular flexibility index (Phi) is 3.03. The molecule has 3 heterocycles. The molecule has 1 aromatic carbocycles. The third-order valence-corrected chi connectivity index (χ3v) is 4.84. The molecule has 6 heteroatoms. The quantitative estimate of drug-likeness (QED) is 0.464. The van der Waals surface area contributed by atoms with Crippen molar-refractivity contribution in [2.45, 2.75) is 37.4 Å². The Morgan fingerprint density at radius 3 is 2.75 bits per heavy atom. The van der Waals surface area contributed by atoms with E-state index in [1.165, 1.54) is 5.56 Å². The molecule has 0 saturated carbocycles. The average Bonchev–Trinajstić information content (AvgIpc) is 3.00. The van der Waals surface area contributed by atoms with Gasteiger partial charge in [0, 0.05) is 24.4 Å². The molecule has 0 radical (unpaired) electrons. The van der Waals surface area contributed by atoms with E-state index < -0.39 is 0 Å². The lowest BCUT2D eigenvalue weighted by atomic mass is 9.89. The summed E-state index contributed by atoms with van der Waals surface area (Å²) in [5.74, 6) is 0.816. The number of nitrogens with two attached hydrogens (primary N) is 1. The second-order valence-electron chi connectivity index (χ2n) is 6.04. The van der Waals surface area contributed by atoms with Crippen molar-refractivity contribution in [1.29, 1.82) is 0 Å². The zero-order chi connectivity index (χ0) is 13.7. The Bertz CT molecular complexity index is 480. The highest BCUT2D eigenvalue weighted by molar-refractivity contribution is 5.25. The molecule has 0 bridgehead atoms. The number of hydrazine groups is 2. The molecule has 0 aliphatic carbocycles. The third-order valence-electron chi connectivity index (χ3n) is 4.84. The summed E-state index contributed by atoms with van der Waals surface area (Å²) in [6, 6.07) is 11.1. The van der Waals surface area contributed by atoms with Gasteiger partial charge in [0.2, 0.25) is 0 Å². The summed E-state index contributed by atoms with van der Waals surface area (Å²) in [6.07, 6.45) is 0.544. The van der Waals surface area contributed by atoms with Gasteiger partial charge in [0.25, 0.3) is 0 Å². The second-order valence-corrected chi connectivity index (χ2v) is 6.04. The Hall–Kier alpha value is -1.02. The Balaban J connectivity index is 1.63. The van der Waals surface area contributed by atoms with Gasteiger partial charge in [-0.3, -0.25) is 5.32 Å². The molecule has 6 unspecified atom stereocenters. The molecule has 4 rings (SSSR count). The van der Waals surface area contributed by atoms with Gasteiger partial charge in [0.1, 0.15) is 0 Å². The van der Waals surface area contributed by atoms with Crippen molar-refractivity contribution in [2.75, 3.05) is 6.54 Å². The summed E-state index contributed by atoms with van der Waals surface area (Å²) in [6.45, 7) is 3.18. The van der Waals surface area contributed by atoms with E-state index in [9.17, 15) is 0 Å². The SMILES string of the molecule is CC1NN2C3NNC(N)C3CNC2C1c1ccccc1. The summed E-state index contributed by atoms with van der Waals surface area (Å²) < 4.78 is 0. The molecule has 3 fully saturated rings. The number of nitrogens with zero attached hydrogens (tertiary/aromatic N) is 1. The minimum Gasteiger partial charge on any atom is -0.315 e. The van der Waals surface area contributed by atoms with Crippen molar-refractivity contribution >= 4 is 0 Å². The molecule has 3 saturated heterocycles. The van der Waals surface area contributed by atoms with Crippen LogP contribution in [0.25, 0.3) is 0 Å². The topological polar surface area (TPSA) is 77.4 Å². The maximum absolute atomic E-state index is 6.08. The normalized spacial score (nSPS) is 44.3. The van der Waals surface area contributed by atoms with Crippen molar-refractivity contribution in [3.05, 3.63) is 35.9 Å². The van der Waals surface area contributed by atoms with E-state index in [-0.39, 0.29) is 12.3 Å². The molecule has 6 N–H and O–H groups in total. The maximum atomic E-state index is 6.08. The number of hydrogen-bond donors (Lipinski definition) is 5. The Morgan fingerprint density at radius 2 is 1.95 bits per heavy atom. The van der Waals surface area contributed by atoms with Crippen molar-refractivity contribution in [1.82, 2.24) is 26.6 Å². The lowest BCUT2D eigenvalue weighted by molar-refractivity contribution is 0.0184. The van der Waals surface area contributed by atoms with Gasteiger partial charge in [-0.25, -0.2) is 21.3 Å². The molecule has 0 spiro atoms. The average molecular weight is 274 g/mol. The number of benzene rings is 1. The van der Waals surface area contributed by atoms with Crippen LogP contribution in [0.2, 0.25) is 0 Å². The van der Waals surface area contributed by atoms with E-state index in [0.717, 1.165) is 6.54 Å². The summed E-state index contributed by atoms with van der Waals surface area (Å²) in [5.41, 5.74) is 17.5. The predicted molar refractivity (Wildman–Crippen MR) is 76.9 cm³/mol. The van der Waals surface area contributed by atoms with Crippen LogP contribution in [-0.2, 0) is 0 Å². The van der Waals surface area contributed by atoms with Crippen LogP contribution in [0.1, 0.15) is 18.4 Å². The minimum absolute atomic E-state index is 0.00123. The molecule has 108 valence electrons. The summed E-state index contributed by atoms with van der Waals surface area (Å²) in [7, 11) is 0. The fourth-order valence-electron chi connectivity index (χ4n) is 3.83. The van der Waals surface area contributed by atoms with Crippen LogP contribution in [0.4, 0.5) is 0 Å². The van der Waals surface area contributed by atoms with Crippen LogP contribution >= 0.6 is 0 Å². The highest BCUT2D eigenvalue weighted by atomic mass is 15.7. The molecule has 3 aliphatic heterocycles. The maximum Gasteiger partial charge on any atom is 0.0947 e. The molecular formula is C14H22N6. The molecule has 6 nitrogen and oxygen atoms in total. The molecule has 1 aromatic rings. The summed E-state index contributed by atoms with van der Waals surface area (Å²) >= 11 is 0. The van der Waals surface area contributed by atoms with Gasteiger partial charge in [-0.2, -0.15) is 0 Å². The van der Waals surface area contributed by atoms with Gasteiger partial charge in [0.15, 0.2) is 0 Å². The largest absolute Gasteiger partial charge is 0.315 e. The number of fused-ring (bicyclic) bond motifs is 3. The first-order valence-corrected chi connectivity index (χ1v) is 7.35. The van der Waals surface area contributed by atoms with Gasteiger partial charge in [-0.15, -0.1) is 0 Å². The van der Waals surface area contributed by atoms with Crippen molar-refractivity contribution < 1.29 is 0 Å². The standard InChI is InChI=1S/C14H22N6/c1-8-11(9-5-3-2-4-6-9)14-16-7-10-12(15)17-18-13(10)20(14)19-8/h2-6,8,10-14,16-19H,7,15H2,1H3. The summed E-state index contributed by atoms with van der Waals surface area (Å²) in [4.78, 5) is 0. The molecule has 6 atom stereocenters. The smallest absolute Gasteiger partial charge is 0.0947 e. The van der Waals surface area contributed by atoms with E-state index in [1.807, 2.05) is 0 Å². The van der Waals surface area contributed by atoms with Crippen molar-refractivity contribution in [3.63, 3.8) is 0 Å². The zero-order valence-electron chi connectivity index (χ0n) is 11.6. The number of hydrogen-bond acceptors (Lipinski definition) is 6. The summed E-state index contributed by atoms with van der Waals surface area (Å²) in [5, 5.41) is 5.97. The van der Waals surface area contributed by atoms with Crippen LogP contribution in [-0.4, -0.2) is 36.1 Å². The minimum atomic E-state index is 0.00123. The fraction of sp³-hybridized carbons (Fsp3) is 0.571. The van der Waals surface area contributed by atoms with Crippen LogP contribution in [0.15, 0.2) is 30.3 Å². The van der Waals surface area contributed by atoms with Crippen LogP contribution in [0, 0.1) is 5.92 Å². The molecular weight excluding hydrogens is 252 g/mol. The first-order valence-electron chi connectivity index (χ1n) is 7.35. The predicted octanol–water partition coefficient (Wildman–Crippen LogP) is -0.757. The van der Waals surface area contributed by atoms with Gasteiger partial charge in [-0.1, -0.05) is 30.3 Å². The van der Waals surface area contributed by atoms with Gasteiger partial charge < -0.3 is 5.73 Å². The van der Waals surface area contributed by atoms with Gasteiger partial charge >= 0.3 is 0 Å². The second kappa shape index (κ2) is 4.77. The zero-order valence-corrected chi connectivity index (χ0v) is 11.6. The molecule has 20 heavy (non-hydrogen) atoms. The van der Waals surface area contributed by atoms with E-state index in [1.54, 1.807) is 0 Å². The van der Waals surface area contributed by atoms with Gasteiger partial charge in [0.05, 0.1) is 18.5 Å². The lowest BCUT2D eigenvalue weighted by Crippen LogP contribution is -2.64. The highest BCUT2D eigenvalue weighted by Crippen LogP contribution is 2.35. The lowest BCUT2D eigenvalue weighted by Gasteiger charge is -2.40. The van der Waals surface area contributed by atoms with E-state index in [2.05, 4.69) is 63.9 Å². The van der Waals surface area contributed by atoms with Crippen molar-refractivity contribution in [2.24, 2.45) is 11.7 Å². The molecule has 0 aromatic heterocycles. The number of rotatable bonds is 1.